The van der Waals surface area contributed by atoms with Gasteiger partial charge in [0.15, 0.2) is 11.0 Å². The normalized spacial score (nSPS) is 18.8. The Morgan fingerprint density at radius 2 is 2.03 bits per heavy atom. The average molecular weight is 492 g/mol. The van der Waals surface area contributed by atoms with Gasteiger partial charge in [0.1, 0.15) is 11.5 Å². The number of aromatic amines is 1. The molecule has 3 aromatic rings. The van der Waals surface area contributed by atoms with Crippen LogP contribution in [0, 0.1) is 5.92 Å². The van der Waals surface area contributed by atoms with Gasteiger partial charge in [-0.3, -0.25) is 9.89 Å². The van der Waals surface area contributed by atoms with Crippen molar-refractivity contribution in [3.63, 3.8) is 0 Å². The van der Waals surface area contributed by atoms with Crippen LogP contribution in [0.3, 0.4) is 0 Å². The lowest BCUT2D eigenvalue weighted by Gasteiger charge is -2.27. The standard InChI is InChI=1S/C23H31Cl2N7O/c1-12-9-26-10-17(12)31(5)22(33)19-20(25)28-18(32(19)6)11-27-21-13-7-14(23(2,3)4)15(24)8-16(13)29-30-21/h7-8,12,17,26H,9-11H2,1-6H3,(H2,27,29,30)/t12-,17-/m1/s1. The molecule has 4 rings (SSSR count). The Kier molecular flexibility index (Phi) is 6.37. The molecule has 1 saturated heterocycles. The van der Waals surface area contributed by atoms with Crippen LogP contribution < -0.4 is 10.6 Å². The van der Waals surface area contributed by atoms with Crippen LogP contribution in [0.1, 0.15) is 49.6 Å². The van der Waals surface area contributed by atoms with E-state index in [9.17, 15) is 4.79 Å². The molecule has 178 valence electrons. The maximum Gasteiger partial charge on any atom is 0.273 e. The molecule has 1 aliphatic rings. The summed E-state index contributed by atoms with van der Waals surface area (Å²) in [4.78, 5) is 19.4. The molecule has 1 aliphatic heterocycles. The second kappa shape index (κ2) is 8.81. The monoisotopic (exact) mass is 491 g/mol. The molecule has 1 fully saturated rings. The highest BCUT2D eigenvalue weighted by molar-refractivity contribution is 6.32. The molecule has 1 amide bonds. The Balaban J connectivity index is 1.56. The summed E-state index contributed by atoms with van der Waals surface area (Å²) >= 11 is 12.9. The number of benzene rings is 1. The van der Waals surface area contributed by atoms with Crippen LogP contribution in [0.5, 0.6) is 0 Å². The second-order valence-corrected chi connectivity index (χ2v) is 10.7. The molecule has 0 bridgehead atoms. The molecular weight excluding hydrogens is 461 g/mol. The van der Waals surface area contributed by atoms with Crippen LogP contribution in [0.4, 0.5) is 5.82 Å². The molecule has 2 atom stereocenters. The molecule has 2 aromatic heterocycles. The predicted octanol–water partition coefficient (Wildman–Crippen LogP) is 4.19. The molecule has 8 nitrogen and oxygen atoms in total. The zero-order valence-electron chi connectivity index (χ0n) is 19.9. The van der Waals surface area contributed by atoms with E-state index in [-0.39, 0.29) is 22.5 Å². The van der Waals surface area contributed by atoms with Gasteiger partial charge in [-0.05, 0) is 35.6 Å². The number of halogens is 2. The highest BCUT2D eigenvalue weighted by atomic mass is 35.5. The maximum atomic E-state index is 13.2. The second-order valence-electron chi connectivity index (χ2n) is 9.90. The van der Waals surface area contributed by atoms with Crippen LogP contribution in [-0.4, -0.2) is 56.7 Å². The lowest BCUT2D eigenvalue weighted by molar-refractivity contribution is 0.0706. The first kappa shape index (κ1) is 23.9. The summed E-state index contributed by atoms with van der Waals surface area (Å²) in [5.74, 6) is 1.60. The van der Waals surface area contributed by atoms with Gasteiger partial charge in [-0.1, -0.05) is 50.9 Å². The van der Waals surface area contributed by atoms with Crippen molar-refractivity contribution < 1.29 is 4.79 Å². The number of H-pyrrole nitrogens is 1. The number of imidazole rings is 1. The Hall–Kier alpha value is -2.29. The van der Waals surface area contributed by atoms with Crippen molar-refractivity contribution in [2.24, 2.45) is 13.0 Å². The van der Waals surface area contributed by atoms with Crippen molar-refractivity contribution in [1.29, 1.82) is 0 Å². The van der Waals surface area contributed by atoms with Crippen molar-refractivity contribution in [2.75, 3.05) is 25.5 Å². The third-order valence-corrected chi connectivity index (χ3v) is 7.09. The van der Waals surface area contributed by atoms with Gasteiger partial charge in [0.2, 0.25) is 0 Å². The number of aromatic nitrogens is 4. The zero-order chi connectivity index (χ0) is 24.1. The molecule has 0 aliphatic carbocycles. The van der Waals surface area contributed by atoms with Crippen LogP contribution in [0.15, 0.2) is 12.1 Å². The van der Waals surface area contributed by atoms with E-state index in [1.54, 1.807) is 9.47 Å². The number of rotatable bonds is 5. The first-order valence-corrected chi connectivity index (χ1v) is 11.9. The van der Waals surface area contributed by atoms with Crippen molar-refractivity contribution in [2.45, 2.75) is 45.7 Å². The Bertz CT molecular complexity index is 1190. The fraction of sp³-hybridized carbons (Fsp3) is 0.522. The van der Waals surface area contributed by atoms with E-state index in [1.165, 1.54) is 0 Å². The number of nitrogens with one attached hydrogen (secondary N) is 3. The molecule has 10 heteroatoms. The number of carbonyl (C=O) groups excluding carboxylic acids is 1. The molecule has 3 heterocycles. The summed E-state index contributed by atoms with van der Waals surface area (Å²) in [6.45, 7) is 10.6. The highest BCUT2D eigenvalue weighted by Crippen LogP contribution is 2.34. The van der Waals surface area contributed by atoms with Crippen LogP contribution in [0.2, 0.25) is 10.2 Å². The van der Waals surface area contributed by atoms with Gasteiger partial charge in [-0.2, -0.15) is 5.10 Å². The van der Waals surface area contributed by atoms with E-state index in [0.29, 0.717) is 34.8 Å². The van der Waals surface area contributed by atoms with E-state index >= 15 is 0 Å². The summed E-state index contributed by atoms with van der Waals surface area (Å²) < 4.78 is 1.76. The van der Waals surface area contributed by atoms with E-state index in [0.717, 1.165) is 29.6 Å². The van der Waals surface area contributed by atoms with E-state index in [2.05, 4.69) is 59.6 Å². The Morgan fingerprint density at radius 1 is 1.30 bits per heavy atom. The van der Waals surface area contributed by atoms with Gasteiger partial charge in [0, 0.05) is 37.1 Å². The first-order valence-electron chi connectivity index (χ1n) is 11.1. The fourth-order valence-corrected chi connectivity index (χ4v) is 5.19. The van der Waals surface area contributed by atoms with Crippen molar-refractivity contribution in [3.05, 3.63) is 39.4 Å². The van der Waals surface area contributed by atoms with Crippen LogP contribution in [0.25, 0.3) is 10.9 Å². The molecule has 0 radical (unpaired) electrons. The van der Waals surface area contributed by atoms with Crippen molar-refractivity contribution in [1.82, 2.24) is 30.0 Å². The SMILES string of the molecule is C[C@@H]1CNC[C@H]1N(C)C(=O)c1c(Cl)nc(CNc2n[nH]c3cc(Cl)c(C(C)(C)C)cc23)n1C. The van der Waals surface area contributed by atoms with Crippen molar-refractivity contribution in [3.8, 4) is 0 Å². The van der Waals surface area contributed by atoms with Gasteiger partial charge >= 0.3 is 0 Å². The summed E-state index contributed by atoms with van der Waals surface area (Å²) in [5, 5.41) is 16.0. The van der Waals surface area contributed by atoms with Crippen LogP contribution >= 0.6 is 23.2 Å². The minimum atomic E-state index is -0.128. The zero-order valence-corrected chi connectivity index (χ0v) is 21.4. The van der Waals surface area contributed by atoms with Crippen LogP contribution in [-0.2, 0) is 19.0 Å². The molecule has 0 unspecified atom stereocenters. The Morgan fingerprint density at radius 3 is 2.67 bits per heavy atom. The van der Waals surface area contributed by atoms with Gasteiger partial charge in [-0.15, -0.1) is 0 Å². The Labute approximate surface area is 204 Å². The molecule has 3 N–H and O–H groups in total. The van der Waals surface area contributed by atoms with Gasteiger partial charge < -0.3 is 20.1 Å². The number of hydrogen-bond acceptors (Lipinski definition) is 5. The summed E-state index contributed by atoms with van der Waals surface area (Å²) in [5.41, 5.74) is 2.20. The maximum absolute atomic E-state index is 13.2. The number of anilines is 1. The van der Waals surface area contributed by atoms with Gasteiger partial charge in [0.25, 0.3) is 5.91 Å². The topological polar surface area (TPSA) is 90.9 Å². The lowest BCUT2D eigenvalue weighted by Crippen LogP contribution is -2.42. The molecule has 0 spiro atoms. The lowest BCUT2D eigenvalue weighted by atomic mass is 9.86. The van der Waals surface area contributed by atoms with Gasteiger partial charge in [0.05, 0.1) is 12.1 Å². The quantitative estimate of drug-likeness (QED) is 0.497. The largest absolute Gasteiger partial charge is 0.361 e. The third-order valence-electron chi connectivity index (χ3n) is 6.51. The highest BCUT2D eigenvalue weighted by Gasteiger charge is 2.32. The third kappa shape index (κ3) is 4.44. The van der Waals surface area contributed by atoms with Gasteiger partial charge in [-0.25, -0.2) is 4.98 Å². The fourth-order valence-electron chi connectivity index (χ4n) is 4.44. The number of amides is 1. The minimum absolute atomic E-state index is 0.0966. The first-order chi connectivity index (χ1) is 15.5. The van der Waals surface area contributed by atoms with E-state index < -0.39 is 0 Å². The average Bonchev–Trinajstić information content (AvgIpc) is 3.41. The van der Waals surface area contributed by atoms with E-state index in [1.807, 2.05) is 20.2 Å². The smallest absolute Gasteiger partial charge is 0.273 e. The van der Waals surface area contributed by atoms with E-state index in [4.69, 9.17) is 23.2 Å². The number of carbonyl (C=O) groups is 1. The molecule has 1 aromatic carbocycles. The summed E-state index contributed by atoms with van der Waals surface area (Å²) in [6, 6.07) is 4.10. The number of hydrogen-bond donors (Lipinski definition) is 3. The predicted molar refractivity (Wildman–Crippen MR) is 133 cm³/mol. The summed E-state index contributed by atoms with van der Waals surface area (Å²) in [7, 11) is 3.64. The minimum Gasteiger partial charge on any atom is -0.361 e. The summed E-state index contributed by atoms with van der Waals surface area (Å²) in [6.07, 6.45) is 0. The van der Waals surface area contributed by atoms with Crippen molar-refractivity contribution >= 4 is 45.8 Å². The number of likely N-dealkylation sites (N-methyl/N-ethyl adjacent to an activating group) is 1. The number of fused-ring (bicyclic) bond motifs is 1. The molecule has 0 saturated carbocycles. The molecular formula is C23H31Cl2N7O. The number of nitrogens with zero attached hydrogens (tertiary/aromatic N) is 4. The molecule has 33 heavy (non-hydrogen) atoms.